The molecule has 8 heteroatoms. The number of amides is 1. The van der Waals surface area contributed by atoms with Crippen molar-refractivity contribution in [3.8, 4) is 5.75 Å². The normalized spacial score (nSPS) is 11.8. The van der Waals surface area contributed by atoms with Crippen LogP contribution in [0.1, 0.15) is 72.5 Å². The lowest BCUT2D eigenvalue weighted by Gasteiger charge is -2.14. The molecule has 0 spiro atoms. The van der Waals surface area contributed by atoms with Crippen LogP contribution in [0.3, 0.4) is 0 Å². The molecule has 1 amide bonds. The summed E-state index contributed by atoms with van der Waals surface area (Å²) < 4.78 is 7.39. The van der Waals surface area contributed by atoms with Gasteiger partial charge in [0.05, 0.1) is 18.5 Å². The predicted molar refractivity (Wildman–Crippen MR) is 133 cm³/mol. The number of thiazole rings is 2. The van der Waals surface area contributed by atoms with Crippen LogP contribution in [0.25, 0.3) is 17.1 Å². The lowest BCUT2D eigenvalue weighted by Crippen LogP contribution is -2.15. The number of hydrogen-bond acceptors (Lipinski definition) is 6. The Morgan fingerprint density at radius 2 is 1.94 bits per heavy atom. The number of hydrogen-bond donors (Lipinski definition) is 1. The second-order valence-corrected chi connectivity index (χ2v) is 9.77. The first-order chi connectivity index (χ1) is 15.4. The van der Waals surface area contributed by atoms with Gasteiger partial charge in [0.25, 0.3) is 5.91 Å². The van der Waals surface area contributed by atoms with Gasteiger partial charge in [0.1, 0.15) is 11.4 Å². The Hall–Kier alpha value is -2.97. The molecule has 0 aliphatic rings. The van der Waals surface area contributed by atoms with Gasteiger partial charge in [0, 0.05) is 22.5 Å². The van der Waals surface area contributed by atoms with Crippen molar-refractivity contribution in [3.63, 3.8) is 0 Å². The van der Waals surface area contributed by atoms with E-state index in [9.17, 15) is 4.79 Å². The van der Waals surface area contributed by atoms with Gasteiger partial charge >= 0.3 is 0 Å². The number of aromatic nitrogens is 3. The van der Waals surface area contributed by atoms with Crippen molar-refractivity contribution in [2.24, 2.45) is 0 Å². The molecular weight excluding hydrogens is 440 g/mol. The van der Waals surface area contributed by atoms with E-state index in [0.29, 0.717) is 28.4 Å². The SMILES string of the molecule is COc1cccc(C=Cc2nc3sccn3c2C(=O)Nc2nc(C(C)C)cs2)c1C(C)C. The Morgan fingerprint density at radius 1 is 1.12 bits per heavy atom. The van der Waals surface area contributed by atoms with E-state index in [2.05, 4.69) is 49.0 Å². The van der Waals surface area contributed by atoms with Crippen molar-refractivity contribution < 1.29 is 9.53 Å². The maximum Gasteiger partial charge on any atom is 0.276 e. The number of benzene rings is 1. The molecule has 166 valence electrons. The predicted octanol–water partition coefficient (Wildman–Crippen LogP) is 6.53. The number of anilines is 1. The van der Waals surface area contributed by atoms with Gasteiger partial charge in [-0.05, 0) is 29.5 Å². The molecule has 3 aromatic heterocycles. The number of rotatable bonds is 7. The molecule has 0 aliphatic heterocycles. The third-order valence-corrected chi connectivity index (χ3v) is 6.69. The molecule has 0 fully saturated rings. The first kappa shape index (κ1) is 22.2. The van der Waals surface area contributed by atoms with Gasteiger partial charge < -0.3 is 4.74 Å². The van der Waals surface area contributed by atoms with Crippen LogP contribution in [0.15, 0.2) is 35.2 Å². The average molecular weight is 467 g/mol. The van der Waals surface area contributed by atoms with Gasteiger partial charge in [0.2, 0.25) is 0 Å². The Labute approximate surface area is 195 Å². The van der Waals surface area contributed by atoms with Crippen LogP contribution < -0.4 is 10.1 Å². The molecule has 1 N–H and O–H groups in total. The van der Waals surface area contributed by atoms with Crippen LogP contribution in [0.2, 0.25) is 0 Å². The van der Waals surface area contributed by atoms with Crippen LogP contribution in [-0.2, 0) is 0 Å². The summed E-state index contributed by atoms with van der Waals surface area (Å²) in [4.78, 5) is 23.2. The summed E-state index contributed by atoms with van der Waals surface area (Å²) in [6.07, 6.45) is 5.77. The minimum absolute atomic E-state index is 0.227. The molecule has 0 saturated heterocycles. The highest BCUT2D eigenvalue weighted by atomic mass is 32.1. The maximum absolute atomic E-state index is 13.2. The van der Waals surface area contributed by atoms with Crippen LogP contribution in [-0.4, -0.2) is 27.4 Å². The van der Waals surface area contributed by atoms with E-state index in [0.717, 1.165) is 27.5 Å². The van der Waals surface area contributed by atoms with Crippen LogP contribution in [0.4, 0.5) is 5.13 Å². The second-order valence-electron chi connectivity index (χ2n) is 8.04. The molecule has 0 unspecified atom stereocenters. The fourth-order valence-electron chi connectivity index (χ4n) is 3.58. The molecule has 0 bridgehead atoms. The summed E-state index contributed by atoms with van der Waals surface area (Å²) in [5, 5.41) is 7.44. The fourth-order valence-corrected chi connectivity index (χ4v) is 5.17. The highest BCUT2D eigenvalue weighted by Crippen LogP contribution is 2.31. The van der Waals surface area contributed by atoms with E-state index in [4.69, 9.17) is 4.74 Å². The monoisotopic (exact) mass is 466 g/mol. The van der Waals surface area contributed by atoms with Gasteiger partial charge in [-0.1, -0.05) is 45.9 Å². The molecule has 0 atom stereocenters. The summed E-state index contributed by atoms with van der Waals surface area (Å²) in [5.41, 5.74) is 4.25. The van der Waals surface area contributed by atoms with Gasteiger partial charge in [-0.25, -0.2) is 9.97 Å². The molecule has 0 saturated carbocycles. The van der Waals surface area contributed by atoms with Crippen molar-refractivity contribution in [2.45, 2.75) is 39.5 Å². The smallest absolute Gasteiger partial charge is 0.276 e. The lowest BCUT2D eigenvalue weighted by atomic mass is 9.95. The number of carbonyl (C=O) groups is 1. The molecule has 0 aliphatic carbocycles. The molecule has 3 heterocycles. The van der Waals surface area contributed by atoms with E-state index >= 15 is 0 Å². The topological polar surface area (TPSA) is 68.5 Å². The molecule has 0 radical (unpaired) electrons. The zero-order chi connectivity index (χ0) is 22.8. The quantitative estimate of drug-likeness (QED) is 0.336. The van der Waals surface area contributed by atoms with Gasteiger partial charge in [-0.2, -0.15) is 0 Å². The van der Waals surface area contributed by atoms with Crippen molar-refractivity contribution in [3.05, 3.63) is 63.4 Å². The largest absolute Gasteiger partial charge is 0.496 e. The highest BCUT2D eigenvalue weighted by molar-refractivity contribution is 7.15. The molecular formula is C24H26N4O2S2. The Balaban J connectivity index is 1.70. The summed E-state index contributed by atoms with van der Waals surface area (Å²) in [6, 6.07) is 5.99. The van der Waals surface area contributed by atoms with Crippen molar-refractivity contribution in [2.75, 3.05) is 12.4 Å². The van der Waals surface area contributed by atoms with Gasteiger partial charge in [0.15, 0.2) is 10.1 Å². The molecule has 1 aromatic carbocycles. The number of imidazole rings is 1. The highest BCUT2D eigenvalue weighted by Gasteiger charge is 2.20. The van der Waals surface area contributed by atoms with Gasteiger partial charge in [-0.15, -0.1) is 22.7 Å². The zero-order valence-electron chi connectivity index (χ0n) is 18.7. The number of nitrogens with zero attached hydrogens (tertiary/aromatic N) is 3. The van der Waals surface area contributed by atoms with Crippen LogP contribution >= 0.6 is 22.7 Å². The number of fused-ring (bicyclic) bond motifs is 1. The van der Waals surface area contributed by atoms with E-state index in [-0.39, 0.29) is 5.91 Å². The minimum Gasteiger partial charge on any atom is -0.496 e. The van der Waals surface area contributed by atoms with Crippen molar-refractivity contribution in [1.82, 2.24) is 14.4 Å². The van der Waals surface area contributed by atoms with E-state index < -0.39 is 0 Å². The number of ether oxygens (including phenoxy) is 1. The molecule has 6 nitrogen and oxygen atoms in total. The third-order valence-electron chi connectivity index (χ3n) is 5.16. The zero-order valence-corrected chi connectivity index (χ0v) is 20.4. The summed E-state index contributed by atoms with van der Waals surface area (Å²) in [5.74, 6) is 1.23. The average Bonchev–Trinajstić information content (AvgIpc) is 3.47. The van der Waals surface area contributed by atoms with Gasteiger partial charge in [-0.3, -0.25) is 14.5 Å². The molecule has 4 aromatic rings. The lowest BCUT2D eigenvalue weighted by molar-refractivity contribution is 0.102. The van der Waals surface area contributed by atoms with E-state index in [1.807, 2.05) is 45.6 Å². The number of methoxy groups -OCH3 is 1. The Bertz CT molecular complexity index is 1280. The number of nitrogens with one attached hydrogen (secondary N) is 1. The molecule has 4 rings (SSSR count). The first-order valence-electron chi connectivity index (χ1n) is 10.5. The summed E-state index contributed by atoms with van der Waals surface area (Å²) >= 11 is 2.93. The Kier molecular flexibility index (Phi) is 6.43. The summed E-state index contributed by atoms with van der Waals surface area (Å²) in [6.45, 7) is 8.44. The van der Waals surface area contributed by atoms with E-state index in [1.165, 1.54) is 22.7 Å². The fraction of sp³-hybridized carbons (Fsp3) is 0.292. The minimum atomic E-state index is -0.227. The summed E-state index contributed by atoms with van der Waals surface area (Å²) in [7, 11) is 1.68. The standard InChI is InChI=1S/C24H26N4O2S2/c1-14(2)18-13-32-23(25-18)27-22(29)21-17(26-24-28(21)11-12-31-24)10-9-16-7-6-8-19(30-5)20(16)15(3)4/h6-15H,1-5H3,(H,25,27,29). The molecule has 32 heavy (non-hydrogen) atoms. The van der Waals surface area contributed by atoms with E-state index in [1.54, 1.807) is 7.11 Å². The second kappa shape index (κ2) is 9.26. The Morgan fingerprint density at radius 3 is 2.62 bits per heavy atom. The third kappa shape index (κ3) is 4.33. The van der Waals surface area contributed by atoms with Crippen molar-refractivity contribution >= 4 is 50.8 Å². The van der Waals surface area contributed by atoms with Crippen LogP contribution in [0, 0.1) is 0 Å². The maximum atomic E-state index is 13.2. The van der Waals surface area contributed by atoms with Crippen molar-refractivity contribution in [1.29, 1.82) is 0 Å². The number of carbonyl (C=O) groups excluding carboxylic acids is 1. The van der Waals surface area contributed by atoms with Crippen LogP contribution in [0.5, 0.6) is 5.75 Å². The first-order valence-corrected chi connectivity index (χ1v) is 12.2.